The van der Waals surface area contributed by atoms with Crippen molar-refractivity contribution in [1.82, 2.24) is 29.7 Å². The monoisotopic (exact) mass is 407 g/mol. The molecule has 0 spiro atoms. The Kier molecular flexibility index (Phi) is 6.12. The topological polar surface area (TPSA) is 99.7 Å². The number of likely N-dealkylation sites (tertiary alicyclic amines) is 1. The van der Waals surface area contributed by atoms with Crippen LogP contribution >= 0.6 is 0 Å². The van der Waals surface area contributed by atoms with Crippen LogP contribution < -0.4 is 5.32 Å². The Morgan fingerprint density at radius 3 is 2.66 bits per heavy atom. The van der Waals surface area contributed by atoms with E-state index in [0.29, 0.717) is 19.2 Å². The summed E-state index contributed by atoms with van der Waals surface area (Å²) >= 11 is 0. The number of nitrogens with one attached hydrogen (secondary N) is 1. The molecule has 0 unspecified atom stereocenters. The molecule has 2 aromatic heterocycles. The van der Waals surface area contributed by atoms with Gasteiger partial charge in [-0.3, -0.25) is 9.69 Å². The minimum Gasteiger partial charge on any atom is -0.350 e. The predicted octanol–water partition coefficient (Wildman–Crippen LogP) is 1.86. The van der Waals surface area contributed by atoms with E-state index < -0.39 is 17.8 Å². The van der Waals surface area contributed by atoms with Crippen molar-refractivity contribution in [2.75, 3.05) is 26.2 Å². The molecule has 1 aliphatic rings. The van der Waals surface area contributed by atoms with Gasteiger partial charge in [0.25, 0.3) is 5.91 Å². The van der Waals surface area contributed by atoms with Crippen LogP contribution in [0.4, 0.5) is 13.2 Å². The third-order valence-corrected chi connectivity index (χ3v) is 4.85. The smallest absolute Gasteiger partial charge is 0.350 e. The average molecular weight is 407 g/mol. The molecule has 0 aromatic carbocycles. The number of hydrogen-bond donors (Lipinski definition) is 1. The van der Waals surface area contributed by atoms with Gasteiger partial charge in [0, 0.05) is 19.7 Å². The van der Waals surface area contributed by atoms with Crippen LogP contribution in [0.5, 0.6) is 0 Å². The number of rotatable bonds is 5. The Bertz CT molecular complexity index is 911. The highest BCUT2D eigenvalue weighted by Crippen LogP contribution is 2.29. The van der Waals surface area contributed by atoms with E-state index in [4.69, 9.17) is 5.26 Å². The van der Waals surface area contributed by atoms with Gasteiger partial charge < -0.3 is 9.88 Å². The van der Waals surface area contributed by atoms with Gasteiger partial charge in [-0.15, -0.1) is 0 Å². The molecule has 8 nitrogen and oxygen atoms in total. The normalized spacial score (nSPS) is 15.8. The molecule has 1 amide bonds. The van der Waals surface area contributed by atoms with E-state index in [1.807, 2.05) is 4.90 Å². The van der Waals surface area contributed by atoms with Crippen molar-refractivity contribution < 1.29 is 18.0 Å². The summed E-state index contributed by atoms with van der Waals surface area (Å²) in [5.74, 6) is -0.690. The number of carbonyl (C=O) groups is 1. The number of aryl methyl sites for hydroxylation is 1. The van der Waals surface area contributed by atoms with Crippen molar-refractivity contribution >= 4 is 5.91 Å². The van der Waals surface area contributed by atoms with Crippen molar-refractivity contribution in [3.05, 3.63) is 30.0 Å². The highest BCUT2D eigenvalue weighted by Gasteiger charge is 2.35. The molecule has 0 radical (unpaired) electrons. The largest absolute Gasteiger partial charge is 0.433 e. The van der Waals surface area contributed by atoms with Crippen LogP contribution in [-0.2, 0) is 13.2 Å². The first-order valence-electron chi connectivity index (χ1n) is 9.08. The van der Waals surface area contributed by atoms with Gasteiger partial charge in [0.15, 0.2) is 5.82 Å². The van der Waals surface area contributed by atoms with Crippen molar-refractivity contribution in [3.8, 4) is 17.6 Å². The number of halogens is 3. The third-order valence-electron chi connectivity index (χ3n) is 4.85. The molecule has 3 rings (SSSR count). The molecular formula is C18H20F3N7O. The number of alkyl halides is 3. The van der Waals surface area contributed by atoms with E-state index in [0.717, 1.165) is 25.9 Å². The Labute approximate surface area is 165 Å². The van der Waals surface area contributed by atoms with E-state index in [1.165, 1.54) is 17.1 Å². The molecule has 0 bridgehead atoms. The summed E-state index contributed by atoms with van der Waals surface area (Å²) < 4.78 is 41.3. The van der Waals surface area contributed by atoms with Gasteiger partial charge in [0.05, 0.1) is 25.1 Å². The summed E-state index contributed by atoms with van der Waals surface area (Å²) in [5.41, 5.74) is -1.25. The highest BCUT2D eigenvalue weighted by molar-refractivity contribution is 5.92. The zero-order valence-corrected chi connectivity index (χ0v) is 15.8. The zero-order chi connectivity index (χ0) is 21.0. The lowest BCUT2D eigenvalue weighted by Crippen LogP contribution is -2.39. The predicted molar refractivity (Wildman–Crippen MR) is 96.3 cm³/mol. The van der Waals surface area contributed by atoms with E-state index in [-0.39, 0.29) is 23.1 Å². The molecule has 0 saturated carbocycles. The third kappa shape index (κ3) is 5.08. The molecular weight excluding hydrogens is 387 g/mol. The van der Waals surface area contributed by atoms with Gasteiger partial charge in [-0.1, -0.05) is 0 Å². The lowest BCUT2D eigenvalue weighted by molar-refractivity contribution is -0.141. The number of nitrogens with zero attached hydrogens (tertiary/aromatic N) is 6. The van der Waals surface area contributed by atoms with E-state index in [2.05, 4.69) is 26.3 Å². The lowest BCUT2D eigenvalue weighted by atomic mass is 9.97. The number of hydrogen-bond acceptors (Lipinski definition) is 6. The number of aromatic nitrogens is 4. The van der Waals surface area contributed by atoms with Crippen LogP contribution in [0.1, 0.15) is 29.0 Å². The van der Waals surface area contributed by atoms with Crippen LogP contribution in [0.25, 0.3) is 11.5 Å². The second-order valence-electron chi connectivity index (χ2n) is 6.94. The standard InChI is InChI=1S/C18H20F3N7O/c1-27-11-23-10-14(27)16-25-13(8-15(26-16)18(19,20)21)17(29)24-9-12-2-5-28(6-3-12)7-4-22/h8,10-12H,2-3,5-7,9H2,1H3,(H,24,29). The fourth-order valence-corrected chi connectivity index (χ4v) is 3.17. The second kappa shape index (κ2) is 8.57. The molecule has 1 saturated heterocycles. The Morgan fingerprint density at radius 1 is 1.34 bits per heavy atom. The Morgan fingerprint density at radius 2 is 2.07 bits per heavy atom. The van der Waals surface area contributed by atoms with Crippen molar-refractivity contribution in [2.45, 2.75) is 19.0 Å². The maximum absolute atomic E-state index is 13.3. The summed E-state index contributed by atoms with van der Waals surface area (Å²) in [5, 5.41) is 11.4. The minimum atomic E-state index is -4.71. The maximum atomic E-state index is 13.3. The Balaban J connectivity index is 1.73. The first-order chi connectivity index (χ1) is 13.8. The number of carbonyl (C=O) groups excluding carboxylic acids is 1. The number of amides is 1. The van der Waals surface area contributed by atoms with Crippen LogP contribution in [0.15, 0.2) is 18.6 Å². The molecule has 1 fully saturated rings. The molecule has 0 aliphatic carbocycles. The quantitative estimate of drug-likeness (QED) is 0.760. The molecule has 0 atom stereocenters. The van der Waals surface area contributed by atoms with E-state index in [9.17, 15) is 18.0 Å². The van der Waals surface area contributed by atoms with Crippen LogP contribution in [-0.4, -0.2) is 56.5 Å². The zero-order valence-electron chi connectivity index (χ0n) is 15.8. The van der Waals surface area contributed by atoms with E-state index in [1.54, 1.807) is 7.05 Å². The second-order valence-corrected chi connectivity index (χ2v) is 6.94. The van der Waals surface area contributed by atoms with Gasteiger partial charge >= 0.3 is 6.18 Å². The Hall–Kier alpha value is -3.00. The van der Waals surface area contributed by atoms with E-state index >= 15 is 0 Å². The molecule has 11 heteroatoms. The highest BCUT2D eigenvalue weighted by atomic mass is 19.4. The first-order valence-corrected chi connectivity index (χ1v) is 9.08. The lowest BCUT2D eigenvalue weighted by Gasteiger charge is -2.30. The van der Waals surface area contributed by atoms with Gasteiger partial charge in [0.1, 0.15) is 17.1 Å². The summed E-state index contributed by atoms with van der Waals surface area (Å²) in [4.78, 5) is 26.0. The number of piperidine rings is 1. The molecule has 3 heterocycles. The van der Waals surface area contributed by atoms with Crippen molar-refractivity contribution in [1.29, 1.82) is 5.26 Å². The minimum absolute atomic E-state index is 0.203. The average Bonchev–Trinajstić information content (AvgIpc) is 3.12. The van der Waals surface area contributed by atoms with Gasteiger partial charge in [0.2, 0.25) is 0 Å². The summed E-state index contributed by atoms with van der Waals surface area (Å²) in [6.45, 7) is 2.22. The summed E-state index contributed by atoms with van der Waals surface area (Å²) in [7, 11) is 1.60. The van der Waals surface area contributed by atoms with Crippen LogP contribution in [0, 0.1) is 17.2 Å². The van der Waals surface area contributed by atoms with Gasteiger partial charge in [-0.05, 0) is 31.8 Å². The van der Waals surface area contributed by atoms with Gasteiger partial charge in [-0.2, -0.15) is 18.4 Å². The SMILES string of the molecule is Cn1cncc1-c1nc(C(=O)NCC2CCN(CC#N)CC2)cc(C(F)(F)F)n1. The summed E-state index contributed by atoms with van der Waals surface area (Å²) in [6.07, 6.45) is -0.345. The fraction of sp³-hybridized carbons (Fsp3) is 0.500. The molecule has 2 aromatic rings. The number of imidazole rings is 1. The molecule has 1 N–H and O–H groups in total. The molecule has 29 heavy (non-hydrogen) atoms. The number of nitriles is 1. The fourth-order valence-electron chi connectivity index (χ4n) is 3.17. The molecule has 154 valence electrons. The van der Waals surface area contributed by atoms with Crippen LogP contribution in [0.3, 0.4) is 0 Å². The van der Waals surface area contributed by atoms with Gasteiger partial charge in [-0.25, -0.2) is 15.0 Å². The molecule has 1 aliphatic heterocycles. The van der Waals surface area contributed by atoms with Crippen molar-refractivity contribution in [2.24, 2.45) is 13.0 Å². The summed E-state index contributed by atoms with van der Waals surface area (Å²) in [6, 6.07) is 2.76. The maximum Gasteiger partial charge on any atom is 0.433 e. The van der Waals surface area contributed by atoms with Crippen LogP contribution in [0.2, 0.25) is 0 Å². The van der Waals surface area contributed by atoms with Crippen molar-refractivity contribution in [3.63, 3.8) is 0 Å². The first kappa shape index (κ1) is 20.7.